The first-order valence-electron chi connectivity index (χ1n) is 10.6. The largest absolute Gasteiger partial charge is 0.508 e. The van der Waals surface area contributed by atoms with Crippen LogP contribution >= 0.6 is 0 Å². The number of para-hydroxylation sites is 1. The number of aromatic hydroxyl groups is 1. The van der Waals surface area contributed by atoms with E-state index in [1.807, 2.05) is 6.92 Å². The number of rotatable bonds is 6. The van der Waals surface area contributed by atoms with Crippen molar-refractivity contribution in [3.8, 4) is 34.0 Å². The highest BCUT2D eigenvalue weighted by molar-refractivity contribution is 5.77. The van der Waals surface area contributed by atoms with Gasteiger partial charge in [0.1, 0.15) is 5.75 Å². The summed E-state index contributed by atoms with van der Waals surface area (Å²) in [6.45, 7) is 1.89. The van der Waals surface area contributed by atoms with Crippen LogP contribution in [0.4, 0.5) is 13.2 Å². The molecule has 1 heterocycles. The van der Waals surface area contributed by atoms with E-state index in [1.54, 1.807) is 36.4 Å². The number of carboxylic acids is 1. The fraction of sp³-hybridized carbons (Fsp3) is 0.154. The van der Waals surface area contributed by atoms with Crippen LogP contribution in [-0.4, -0.2) is 26.0 Å². The van der Waals surface area contributed by atoms with Gasteiger partial charge in [-0.25, -0.2) is 4.68 Å². The molecule has 0 radical (unpaired) electrons. The summed E-state index contributed by atoms with van der Waals surface area (Å²) in [5.41, 5.74) is 2.67. The molecule has 0 atom stereocenters. The number of aliphatic carboxylic acids is 1. The molecule has 174 valence electrons. The summed E-state index contributed by atoms with van der Waals surface area (Å²) in [6.07, 6.45) is -4.23. The van der Waals surface area contributed by atoms with Gasteiger partial charge in [0.15, 0.2) is 0 Å². The van der Waals surface area contributed by atoms with Crippen LogP contribution in [0.25, 0.3) is 28.2 Å². The molecule has 4 aromatic rings. The molecule has 0 saturated carbocycles. The normalized spacial score (nSPS) is 11.5. The minimum Gasteiger partial charge on any atom is -0.508 e. The van der Waals surface area contributed by atoms with Gasteiger partial charge in [0, 0.05) is 16.7 Å². The molecule has 0 saturated heterocycles. The van der Waals surface area contributed by atoms with Gasteiger partial charge in [0.25, 0.3) is 0 Å². The summed E-state index contributed by atoms with van der Waals surface area (Å²) in [5, 5.41) is 23.4. The molecule has 0 spiro atoms. The Morgan fingerprint density at radius 2 is 1.56 bits per heavy atom. The van der Waals surface area contributed by atoms with E-state index in [-0.39, 0.29) is 17.9 Å². The van der Waals surface area contributed by atoms with Crippen molar-refractivity contribution < 1.29 is 28.2 Å². The highest BCUT2D eigenvalue weighted by atomic mass is 19.4. The van der Waals surface area contributed by atoms with Crippen LogP contribution in [0.5, 0.6) is 5.75 Å². The molecule has 0 fully saturated rings. The van der Waals surface area contributed by atoms with Crippen LogP contribution in [0.15, 0.2) is 72.8 Å². The first-order valence-corrected chi connectivity index (χ1v) is 10.6. The van der Waals surface area contributed by atoms with E-state index in [1.165, 1.54) is 35.0 Å². The zero-order valence-corrected chi connectivity index (χ0v) is 18.2. The maximum atomic E-state index is 13.9. The monoisotopic (exact) mass is 466 g/mol. The van der Waals surface area contributed by atoms with Gasteiger partial charge in [0.2, 0.25) is 0 Å². The van der Waals surface area contributed by atoms with E-state index in [0.717, 1.165) is 11.6 Å². The van der Waals surface area contributed by atoms with Crippen molar-refractivity contribution in [1.82, 2.24) is 9.78 Å². The molecule has 0 bridgehead atoms. The van der Waals surface area contributed by atoms with Crippen LogP contribution < -0.4 is 0 Å². The van der Waals surface area contributed by atoms with Gasteiger partial charge in [-0.1, -0.05) is 43.3 Å². The number of phenolic OH excluding ortho intramolecular Hbond substituents is 1. The molecule has 1 aromatic heterocycles. The standard InChI is InChI=1S/C26H21F3N2O3/c1-2-20-24(17-9-7-16(8-10-17)15-23(33)34)30-31(25(20)18-11-13-19(32)14-12-18)22-6-4-3-5-21(22)26(27,28)29/h3-14,32H,2,15H2,1H3,(H,33,34). The molecule has 0 aliphatic rings. The molecular weight excluding hydrogens is 445 g/mol. The second-order valence-corrected chi connectivity index (χ2v) is 7.77. The third-order valence-corrected chi connectivity index (χ3v) is 5.50. The fourth-order valence-electron chi connectivity index (χ4n) is 3.96. The van der Waals surface area contributed by atoms with Gasteiger partial charge < -0.3 is 10.2 Å². The number of benzene rings is 3. The first-order chi connectivity index (χ1) is 16.2. The van der Waals surface area contributed by atoms with Crippen molar-refractivity contribution >= 4 is 5.97 Å². The van der Waals surface area contributed by atoms with Crippen molar-refractivity contribution in [2.75, 3.05) is 0 Å². The molecule has 2 N–H and O–H groups in total. The molecule has 0 unspecified atom stereocenters. The van der Waals surface area contributed by atoms with Crippen molar-refractivity contribution in [2.24, 2.45) is 0 Å². The highest BCUT2D eigenvalue weighted by Crippen LogP contribution is 2.39. The lowest BCUT2D eigenvalue weighted by molar-refractivity contribution is -0.138. The number of nitrogens with zero attached hydrogens (tertiary/aromatic N) is 2. The lowest BCUT2D eigenvalue weighted by atomic mass is 9.98. The molecule has 4 rings (SSSR count). The SMILES string of the molecule is CCc1c(-c2ccc(CC(=O)O)cc2)nn(-c2ccccc2C(F)(F)F)c1-c1ccc(O)cc1. The van der Waals surface area contributed by atoms with Gasteiger partial charge in [-0.3, -0.25) is 4.79 Å². The smallest absolute Gasteiger partial charge is 0.418 e. The third kappa shape index (κ3) is 4.52. The number of halogens is 3. The van der Waals surface area contributed by atoms with Crippen molar-refractivity contribution in [3.63, 3.8) is 0 Å². The lowest BCUT2D eigenvalue weighted by Gasteiger charge is -2.15. The van der Waals surface area contributed by atoms with Crippen LogP contribution in [0.3, 0.4) is 0 Å². The first kappa shape index (κ1) is 23.1. The summed E-state index contributed by atoms with van der Waals surface area (Å²) < 4.78 is 42.9. The predicted molar refractivity (Wildman–Crippen MR) is 122 cm³/mol. The van der Waals surface area contributed by atoms with Crippen molar-refractivity contribution in [1.29, 1.82) is 0 Å². The van der Waals surface area contributed by atoms with E-state index >= 15 is 0 Å². The van der Waals surface area contributed by atoms with E-state index in [2.05, 4.69) is 5.10 Å². The van der Waals surface area contributed by atoms with Crippen molar-refractivity contribution in [3.05, 3.63) is 89.5 Å². The average molecular weight is 466 g/mol. The number of hydrogen-bond donors (Lipinski definition) is 2. The Balaban J connectivity index is 1.98. The Hall–Kier alpha value is -4.07. The maximum absolute atomic E-state index is 13.9. The number of aromatic nitrogens is 2. The second kappa shape index (κ2) is 9.05. The van der Waals surface area contributed by atoms with Crippen LogP contribution in [0.2, 0.25) is 0 Å². The summed E-state index contributed by atoms with van der Waals surface area (Å²) in [7, 11) is 0. The molecule has 5 nitrogen and oxygen atoms in total. The number of phenols is 1. The molecule has 0 aliphatic carbocycles. The summed E-state index contributed by atoms with van der Waals surface area (Å²) >= 11 is 0. The predicted octanol–water partition coefficient (Wildman–Crippen LogP) is 6.12. The summed E-state index contributed by atoms with van der Waals surface area (Å²) in [4.78, 5) is 11.0. The zero-order chi connectivity index (χ0) is 24.5. The highest BCUT2D eigenvalue weighted by Gasteiger charge is 2.35. The average Bonchev–Trinajstić information content (AvgIpc) is 3.18. The van der Waals surface area contributed by atoms with Gasteiger partial charge in [-0.05, 0) is 48.4 Å². The number of hydrogen-bond acceptors (Lipinski definition) is 3. The van der Waals surface area contributed by atoms with Gasteiger partial charge in [-0.15, -0.1) is 0 Å². The van der Waals surface area contributed by atoms with Gasteiger partial charge in [0.05, 0.1) is 29.1 Å². The summed E-state index contributed by atoms with van der Waals surface area (Å²) in [5.74, 6) is -0.914. The quantitative estimate of drug-likeness (QED) is 0.359. The van der Waals surface area contributed by atoms with Crippen LogP contribution in [0.1, 0.15) is 23.6 Å². The van der Waals surface area contributed by atoms with Crippen molar-refractivity contribution in [2.45, 2.75) is 25.9 Å². The number of alkyl halides is 3. The number of carboxylic acid groups (broad SMARTS) is 1. The molecule has 34 heavy (non-hydrogen) atoms. The lowest BCUT2D eigenvalue weighted by Crippen LogP contribution is -2.12. The third-order valence-electron chi connectivity index (χ3n) is 5.50. The van der Waals surface area contributed by atoms with E-state index < -0.39 is 17.7 Å². The Labute approximate surface area is 193 Å². The Morgan fingerprint density at radius 1 is 0.941 bits per heavy atom. The minimum atomic E-state index is -4.58. The molecule has 0 aliphatic heterocycles. The Morgan fingerprint density at radius 3 is 2.15 bits per heavy atom. The molecule has 0 amide bonds. The van der Waals surface area contributed by atoms with E-state index in [4.69, 9.17) is 5.11 Å². The Bertz CT molecular complexity index is 1330. The second-order valence-electron chi connectivity index (χ2n) is 7.77. The van der Waals surface area contributed by atoms with Gasteiger partial charge >= 0.3 is 12.1 Å². The zero-order valence-electron chi connectivity index (χ0n) is 18.2. The maximum Gasteiger partial charge on any atom is 0.418 e. The van der Waals surface area contributed by atoms with Crippen LogP contribution in [0, 0.1) is 0 Å². The van der Waals surface area contributed by atoms with E-state index in [0.29, 0.717) is 34.5 Å². The minimum absolute atomic E-state index is 0.0396. The fourth-order valence-corrected chi connectivity index (χ4v) is 3.96. The summed E-state index contributed by atoms with van der Waals surface area (Å²) in [6, 6.07) is 18.3. The Kier molecular flexibility index (Phi) is 6.15. The van der Waals surface area contributed by atoms with E-state index in [9.17, 15) is 23.1 Å². The molecule has 8 heteroatoms. The molecular formula is C26H21F3N2O3. The number of carbonyl (C=O) groups is 1. The topological polar surface area (TPSA) is 75.3 Å². The van der Waals surface area contributed by atoms with Gasteiger partial charge in [-0.2, -0.15) is 18.3 Å². The van der Waals surface area contributed by atoms with Crippen LogP contribution in [-0.2, 0) is 23.8 Å². The molecule has 3 aromatic carbocycles.